The fourth-order valence-electron chi connectivity index (χ4n) is 2.03. The molecule has 1 rings (SSSR count). The van der Waals surface area contributed by atoms with E-state index >= 15 is 0 Å². The quantitative estimate of drug-likeness (QED) is 0.743. The number of hydrogen-bond donors (Lipinski definition) is 0. The van der Waals surface area contributed by atoms with Crippen molar-refractivity contribution in [1.29, 1.82) is 0 Å². The van der Waals surface area contributed by atoms with Crippen LogP contribution in [0.4, 0.5) is 0 Å². The average Bonchev–Trinajstić information content (AvgIpc) is 2.27. The van der Waals surface area contributed by atoms with Gasteiger partial charge >= 0.3 is 0 Å². The molecule has 2 atom stereocenters. The maximum Gasteiger partial charge on any atom is 0.150 e. The summed E-state index contributed by atoms with van der Waals surface area (Å²) < 4.78 is 22.5. The lowest BCUT2D eigenvalue weighted by Gasteiger charge is -2.15. The Morgan fingerprint density at radius 1 is 1.43 bits per heavy atom. The van der Waals surface area contributed by atoms with Crippen LogP contribution in [0.25, 0.3) is 0 Å². The number of sulfone groups is 1. The van der Waals surface area contributed by atoms with Gasteiger partial charge in [0, 0.05) is 4.83 Å². The first-order valence-corrected chi connectivity index (χ1v) is 7.97. The van der Waals surface area contributed by atoms with E-state index in [0.717, 1.165) is 19.3 Å². The second-order valence-corrected chi connectivity index (χ2v) is 8.26. The van der Waals surface area contributed by atoms with Crippen molar-refractivity contribution in [3.8, 4) is 0 Å². The molecule has 0 saturated carbocycles. The Morgan fingerprint density at radius 3 is 2.50 bits per heavy atom. The lowest BCUT2D eigenvalue weighted by atomic mass is 9.98. The van der Waals surface area contributed by atoms with Gasteiger partial charge in [-0.05, 0) is 31.1 Å². The molecule has 0 radical (unpaired) electrons. The predicted octanol–water partition coefficient (Wildman–Crippen LogP) is 2.62. The van der Waals surface area contributed by atoms with Crippen LogP contribution in [0.2, 0.25) is 0 Å². The molecule has 1 aliphatic heterocycles. The standard InChI is InChI=1S/C10H19BrO2S/c1-8(2)5-10(11)6-9-3-4-14(12,13)7-9/h8-10H,3-7H2,1-2H3. The molecule has 0 aromatic heterocycles. The molecule has 4 heteroatoms. The third-order valence-corrected chi connectivity index (χ3v) is 5.23. The molecule has 0 spiro atoms. The third-order valence-electron chi connectivity index (χ3n) is 2.64. The van der Waals surface area contributed by atoms with E-state index in [2.05, 4.69) is 29.8 Å². The van der Waals surface area contributed by atoms with Gasteiger partial charge in [0.2, 0.25) is 0 Å². The minimum absolute atomic E-state index is 0.392. The number of alkyl halides is 1. The Hall–Kier alpha value is 0.430. The van der Waals surface area contributed by atoms with E-state index in [1.165, 1.54) is 0 Å². The maximum absolute atomic E-state index is 11.2. The van der Waals surface area contributed by atoms with Crippen LogP contribution < -0.4 is 0 Å². The first-order chi connectivity index (χ1) is 6.39. The summed E-state index contributed by atoms with van der Waals surface area (Å²) in [6.07, 6.45) is 3.01. The van der Waals surface area contributed by atoms with Gasteiger partial charge in [0.25, 0.3) is 0 Å². The Morgan fingerprint density at radius 2 is 2.07 bits per heavy atom. The van der Waals surface area contributed by atoms with Gasteiger partial charge in [-0.2, -0.15) is 0 Å². The first-order valence-electron chi connectivity index (χ1n) is 5.23. The Kier molecular flexibility index (Phi) is 4.44. The molecule has 2 nitrogen and oxygen atoms in total. The highest BCUT2D eigenvalue weighted by molar-refractivity contribution is 9.09. The lowest BCUT2D eigenvalue weighted by molar-refractivity contribution is 0.478. The molecule has 2 unspecified atom stereocenters. The van der Waals surface area contributed by atoms with E-state index in [-0.39, 0.29) is 0 Å². The monoisotopic (exact) mass is 282 g/mol. The molecule has 0 N–H and O–H groups in total. The summed E-state index contributed by atoms with van der Waals surface area (Å²) in [4.78, 5) is 0.487. The van der Waals surface area contributed by atoms with Gasteiger partial charge in [-0.15, -0.1) is 0 Å². The zero-order chi connectivity index (χ0) is 10.8. The minimum Gasteiger partial charge on any atom is -0.229 e. The summed E-state index contributed by atoms with van der Waals surface area (Å²) in [6, 6.07) is 0. The third kappa shape index (κ3) is 4.30. The fourth-order valence-corrected chi connectivity index (χ4v) is 5.18. The average molecular weight is 283 g/mol. The van der Waals surface area contributed by atoms with Gasteiger partial charge in [0.1, 0.15) is 0 Å². The Balaban J connectivity index is 2.32. The van der Waals surface area contributed by atoms with E-state index in [0.29, 0.717) is 28.2 Å². The largest absolute Gasteiger partial charge is 0.229 e. The predicted molar refractivity (Wildman–Crippen MR) is 63.5 cm³/mol. The van der Waals surface area contributed by atoms with Crippen LogP contribution in [-0.4, -0.2) is 24.8 Å². The van der Waals surface area contributed by atoms with Crippen LogP contribution in [0.15, 0.2) is 0 Å². The molecule has 1 heterocycles. The second-order valence-electron chi connectivity index (χ2n) is 4.73. The van der Waals surface area contributed by atoms with Crippen LogP contribution >= 0.6 is 15.9 Å². The summed E-state index contributed by atoms with van der Waals surface area (Å²) in [6.45, 7) is 4.39. The Bertz CT molecular complexity index is 272. The fraction of sp³-hybridized carbons (Fsp3) is 1.00. The van der Waals surface area contributed by atoms with Crippen LogP contribution in [-0.2, 0) is 9.84 Å². The van der Waals surface area contributed by atoms with E-state index in [9.17, 15) is 8.42 Å². The molecule has 84 valence electrons. The highest BCUT2D eigenvalue weighted by atomic mass is 79.9. The van der Waals surface area contributed by atoms with Gasteiger partial charge in [-0.3, -0.25) is 0 Å². The Labute approximate surface area is 95.5 Å². The van der Waals surface area contributed by atoms with Crippen molar-refractivity contribution in [3.05, 3.63) is 0 Å². The summed E-state index contributed by atoms with van der Waals surface area (Å²) in [7, 11) is -2.69. The van der Waals surface area contributed by atoms with Crippen molar-refractivity contribution in [2.45, 2.75) is 37.9 Å². The summed E-state index contributed by atoms with van der Waals surface area (Å²) in [5.74, 6) is 1.88. The van der Waals surface area contributed by atoms with Gasteiger partial charge in [0.15, 0.2) is 9.84 Å². The smallest absolute Gasteiger partial charge is 0.150 e. The maximum atomic E-state index is 11.2. The first kappa shape index (κ1) is 12.5. The molecule has 0 bridgehead atoms. The number of rotatable bonds is 4. The molecule has 14 heavy (non-hydrogen) atoms. The second kappa shape index (κ2) is 4.97. The zero-order valence-corrected chi connectivity index (χ0v) is 11.3. The molecule has 0 aromatic rings. The van der Waals surface area contributed by atoms with Crippen molar-refractivity contribution < 1.29 is 8.42 Å². The zero-order valence-electron chi connectivity index (χ0n) is 8.87. The normalized spacial score (nSPS) is 28.1. The van der Waals surface area contributed by atoms with Gasteiger partial charge in [-0.1, -0.05) is 29.8 Å². The highest BCUT2D eigenvalue weighted by Gasteiger charge is 2.29. The number of halogens is 1. The molecule has 0 aliphatic carbocycles. The number of hydrogen-bond acceptors (Lipinski definition) is 2. The van der Waals surface area contributed by atoms with Crippen molar-refractivity contribution >= 4 is 25.8 Å². The van der Waals surface area contributed by atoms with Gasteiger partial charge in [-0.25, -0.2) is 8.42 Å². The molecular formula is C10H19BrO2S. The van der Waals surface area contributed by atoms with E-state index in [1.54, 1.807) is 0 Å². The van der Waals surface area contributed by atoms with Crippen molar-refractivity contribution in [2.24, 2.45) is 11.8 Å². The summed E-state index contributed by atoms with van der Waals surface area (Å²) >= 11 is 3.63. The summed E-state index contributed by atoms with van der Waals surface area (Å²) in [5.41, 5.74) is 0. The molecule has 1 saturated heterocycles. The minimum atomic E-state index is -2.69. The highest BCUT2D eigenvalue weighted by Crippen LogP contribution is 2.28. The van der Waals surface area contributed by atoms with Gasteiger partial charge in [0.05, 0.1) is 11.5 Å². The van der Waals surface area contributed by atoms with Crippen LogP contribution in [0.3, 0.4) is 0 Å². The van der Waals surface area contributed by atoms with Crippen molar-refractivity contribution in [2.75, 3.05) is 11.5 Å². The van der Waals surface area contributed by atoms with Crippen LogP contribution in [0.5, 0.6) is 0 Å². The van der Waals surface area contributed by atoms with E-state index < -0.39 is 9.84 Å². The van der Waals surface area contributed by atoms with Crippen molar-refractivity contribution in [3.63, 3.8) is 0 Å². The van der Waals surface area contributed by atoms with Crippen molar-refractivity contribution in [1.82, 2.24) is 0 Å². The molecule has 1 aliphatic rings. The molecule has 1 fully saturated rings. The van der Waals surface area contributed by atoms with Crippen LogP contribution in [0, 0.1) is 11.8 Å². The van der Waals surface area contributed by atoms with E-state index in [4.69, 9.17) is 0 Å². The SMILES string of the molecule is CC(C)CC(Br)CC1CCS(=O)(=O)C1. The lowest BCUT2D eigenvalue weighted by Crippen LogP contribution is -2.12. The molecule has 0 aromatic carbocycles. The topological polar surface area (TPSA) is 34.1 Å². The van der Waals surface area contributed by atoms with Crippen LogP contribution in [0.1, 0.15) is 33.1 Å². The van der Waals surface area contributed by atoms with E-state index in [1.807, 2.05) is 0 Å². The van der Waals surface area contributed by atoms with Gasteiger partial charge < -0.3 is 0 Å². The molecule has 0 amide bonds. The summed E-state index contributed by atoms with van der Waals surface area (Å²) in [5, 5.41) is 0. The molecular weight excluding hydrogens is 264 g/mol.